The summed E-state index contributed by atoms with van der Waals surface area (Å²) in [6.45, 7) is 2.05. The van der Waals surface area contributed by atoms with Gasteiger partial charge in [-0.25, -0.2) is 0 Å². The number of hydrogen-bond donors (Lipinski definition) is 1. The van der Waals surface area contributed by atoms with E-state index in [9.17, 15) is 0 Å². The second-order valence-corrected chi connectivity index (χ2v) is 5.32. The van der Waals surface area contributed by atoms with Gasteiger partial charge in [-0.3, -0.25) is 0 Å². The molecule has 0 aliphatic rings. The third-order valence-electron chi connectivity index (χ3n) is 2.49. The Hall–Kier alpha value is -1.25. The van der Waals surface area contributed by atoms with Crippen LogP contribution in [0.1, 0.15) is 12.5 Å². The zero-order valence-corrected chi connectivity index (χ0v) is 10.8. The molecule has 2 N–H and O–H groups in total. The van der Waals surface area contributed by atoms with E-state index < -0.39 is 0 Å². The molecule has 0 aromatic heterocycles. The maximum absolute atomic E-state index is 5.88. The van der Waals surface area contributed by atoms with E-state index in [2.05, 4.69) is 48.5 Å². The van der Waals surface area contributed by atoms with Crippen LogP contribution in [0.15, 0.2) is 64.4 Å². The molecule has 1 atom stereocenters. The molecule has 1 unspecified atom stereocenters. The van der Waals surface area contributed by atoms with E-state index in [1.165, 1.54) is 15.4 Å². The Morgan fingerprint density at radius 3 is 2.35 bits per heavy atom. The number of hydrogen-bond acceptors (Lipinski definition) is 2. The first-order chi connectivity index (χ1) is 8.25. The first-order valence-corrected chi connectivity index (χ1v) is 6.64. The van der Waals surface area contributed by atoms with Crippen molar-refractivity contribution in [2.75, 3.05) is 0 Å². The van der Waals surface area contributed by atoms with Gasteiger partial charge in [0.1, 0.15) is 0 Å². The lowest BCUT2D eigenvalue weighted by Gasteiger charge is -2.11. The fraction of sp³-hybridized carbons (Fsp3) is 0.200. The van der Waals surface area contributed by atoms with Crippen molar-refractivity contribution in [2.45, 2.75) is 29.2 Å². The molecule has 0 amide bonds. The highest BCUT2D eigenvalue weighted by Crippen LogP contribution is 2.30. The Bertz CT molecular complexity index is 465. The zero-order valence-electron chi connectivity index (χ0n) is 9.97. The summed E-state index contributed by atoms with van der Waals surface area (Å²) < 4.78 is 0. The summed E-state index contributed by atoms with van der Waals surface area (Å²) >= 11 is 1.80. The molecule has 0 fully saturated rings. The first kappa shape index (κ1) is 12.2. The van der Waals surface area contributed by atoms with Crippen LogP contribution in [0.2, 0.25) is 0 Å². The standard InChI is InChI=1S/C15H17NS/c1-12(16)11-13-7-5-6-10-15(13)17-14-8-3-2-4-9-14/h2-10,12H,11,16H2,1H3. The molecule has 0 saturated heterocycles. The van der Waals surface area contributed by atoms with E-state index in [1.807, 2.05) is 13.0 Å². The topological polar surface area (TPSA) is 26.0 Å². The molecule has 0 saturated carbocycles. The Kier molecular flexibility index (Phi) is 4.24. The summed E-state index contributed by atoms with van der Waals surface area (Å²) in [5.74, 6) is 0. The SMILES string of the molecule is CC(N)Cc1ccccc1Sc1ccccc1. The average Bonchev–Trinajstić information content (AvgIpc) is 2.32. The van der Waals surface area contributed by atoms with Gasteiger partial charge in [-0.2, -0.15) is 0 Å². The van der Waals surface area contributed by atoms with Gasteiger partial charge >= 0.3 is 0 Å². The van der Waals surface area contributed by atoms with Gasteiger partial charge in [0.2, 0.25) is 0 Å². The van der Waals surface area contributed by atoms with E-state index in [0.29, 0.717) is 0 Å². The van der Waals surface area contributed by atoms with Crippen LogP contribution < -0.4 is 5.73 Å². The summed E-state index contributed by atoms with van der Waals surface area (Å²) in [5.41, 5.74) is 7.21. The predicted molar refractivity (Wildman–Crippen MR) is 74.4 cm³/mol. The summed E-state index contributed by atoms with van der Waals surface area (Å²) in [6.07, 6.45) is 0.927. The summed E-state index contributed by atoms with van der Waals surface area (Å²) in [6, 6.07) is 19.1. The quantitative estimate of drug-likeness (QED) is 0.885. The summed E-state index contributed by atoms with van der Waals surface area (Å²) in [5, 5.41) is 0. The van der Waals surface area contributed by atoms with Crippen molar-refractivity contribution in [3.8, 4) is 0 Å². The van der Waals surface area contributed by atoms with Crippen LogP contribution in [0, 0.1) is 0 Å². The minimum Gasteiger partial charge on any atom is -0.328 e. The van der Waals surface area contributed by atoms with E-state index in [0.717, 1.165) is 6.42 Å². The lowest BCUT2D eigenvalue weighted by atomic mass is 10.1. The molecule has 0 bridgehead atoms. The molecule has 0 spiro atoms. The lowest BCUT2D eigenvalue weighted by molar-refractivity contribution is 0.729. The number of rotatable bonds is 4. The fourth-order valence-corrected chi connectivity index (χ4v) is 2.71. The maximum Gasteiger partial charge on any atom is 0.0154 e. The molecule has 0 aliphatic carbocycles. The molecular formula is C15H17NS. The highest BCUT2D eigenvalue weighted by atomic mass is 32.2. The van der Waals surface area contributed by atoms with Crippen molar-refractivity contribution in [2.24, 2.45) is 5.73 Å². The highest BCUT2D eigenvalue weighted by molar-refractivity contribution is 7.99. The Morgan fingerprint density at radius 2 is 1.65 bits per heavy atom. The third kappa shape index (κ3) is 3.62. The van der Waals surface area contributed by atoms with Gasteiger partial charge < -0.3 is 5.73 Å². The van der Waals surface area contributed by atoms with Gasteiger partial charge in [-0.05, 0) is 37.1 Å². The van der Waals surface area contributed by atoms with Crippen molar-refractivity contribution < 1.29 is 0 Å². The molecule has 2 aromatic rings. The first-order valence-electron chi connectivity index (χ1n) is 5.82. The van der Waals surface area contributed by atoms with Crippen molar-refractivity contribution >= 4 is 11.8 Å². The largest absolute Gasteiger partial charge is 0.328 e. The van der Waals surface area contributed by atoms with Gasteiger partial charge in [0.25, 0.3) is 0 Å². The average molecular weight is 243 g/mol. The van der Waals surface area contributed by atoms with Gasteiger partial charge in [0.15, 0.2) is 0 Å². The smallest absolute Gasteiger partial charge is 0.0154 e. The Labute approximate surface area is 107 Å². The molecule has 0 radical (unpaired) electrons. The molecule has 2 rings (SSSR count). The van der Waals surface area contributed by atoms with Gasteiger partial charge in [-0.1, -0.05) is 48.2 Å². The number of nitrogens with two attached hydrogens (primary N) is 1. The Morgan fingerprint density at radius 1 is 1.00 bits per heavy atom. The summed E-state index contributed by atoms with van der Waals surface area (Å²) in [4.78, 5) is 2.57. The molecule has 0 aliphatic heterocycles. The lowest BCUT2D eigenvalue weighted by Crippen LogP contribution is -2.18. The van der Waals surface area contributed by atoms with Crippen LogP contribution in [0.4, 0.5) is 0 Å². The van der Waals surface area contributed by atoms with Gasteiger partial charge in [-0.15, -0.1) is 0 Å². The highest BCUT2D eigenvalue weighted by Gasteiger charge is 2.05. The Balaban J connectivity index is 2.20. The second-order valence-electron chi connectivity index (χ2n) is 4.20. The van der Waals surface area contributed by atoms with E-state index in [-0.39, 0.29) is 6.04 Å². The van der Waals surface area contributed by atoms with Gasteiger partial charge in [0.05, 0.1) is 0 Å². The normalized spacial score (nSPS) is 12.4. The minimum absolute atomic E-state index is 0.201. The maximum atomic E-state index is 5.88. The van der Waals surface area contributed by atoms with Crippen LogP contribution in [-0.4, -0.2) is 6.04 Å². The molecule has 88 valence electrons. The monoisotopic (exact) mass is 243 g/mol. The van der Waals surface area contributed by atoms with Crippen molar-refractivity contribution in [3.05, 3.63) is 60.2 Å². The van der Waals surface area contributed by atoms with Crippen molar-refractivity contribution in [1.82, 2.24) is 0 Å². The van der Waals surface area contributed by atoms with Crippen LogP contribution in [0.3, 0.4) is 0 Å². The number of benzene rings is 2. The fourth-order valence-electron chi connectivity index (χ4n) is 1.73. The van der Waals surface area contributed by atoms with Crippen molar-refractivity contribution in [1.29, 1.82) is 0 Å². The predicted octanol–water partition coefficient (Wildman–Crippen LogP) is 3.73. The second kappa shape index (κ2) is 5.89. The molecule has 17 heavy (non-hydrogen) atoms. The third-order valence-corrected chi connectivity index (χ3v) is 3.61. The van der Waals surface area contributed by atoms with Crippen LogP contribution in [-0.2, 0) is 6.42 Å². The van der Waals surface area contributed by atoms with E-state index in [1.54, 1.807) is 11.8 Å². The van der Waals surface area contributed by atoms with Crippen LogP contribution in [0.5, 0.6) is 0 Å². The van der Waals surface area contributed by atoms with Crippen LogP contribution >= 0.6 is 11.8 Å². The van der Waals surface area contributed by atoms with Crippen molar-refractivity contribution in [3.63, 3.8) is 0 Å². The molecule has 1 nitrogen and oxygen atoms in total. The van der Waals surface area contributed by atoms with E-state index in [4.69, 9.17) is 5.73 Å². The zero-order chi connectivity index (χ0) is 12.1. The molecule has 2 aromatic carbocycles. The minimum atomic E-state index is 0.201. The molecule has 0 heterocycles. The molecule has 2 heteroatoms. The summed E-state index contributed by atoms with van der Waals surface area (Å²) in [7, 11) is 0. The van der Waals surface area contributed by atoms with Gasteiger partial charge in [0, 0.05) is 15.8 Å². The molecular weight excluding hydrogens is 226 g/mol. The van der Waals surface area contributed by atoms with Crippen LogP contribution in [0.25, 0.3) is 0 Å². The van der Waals surface area contributed by atoms with E-state index >= 15 is 0 Å².